The van der Waals surface area contributed by atoms with Crippen LogP contribution in [0, 0.1) is 6.92 Å². The van der Waals surface area contributed by atoms with Crippen molar-refractivity contribution < 1.29 is 23.5 Å². The maximum absolute atomic E-state index is 12.5. The molecule has 1 aliphatic rings. The van der Waals surface area contributed by atoms with Gasteiger partial charge in [-0.2, -0.15) is 0 Å². The van der Waals surface area contributed by atoms with E-state index in [0.717, 1.165) is 19.3 Å². The summed E-state index contributed by atoms with van der Waals surface area (Å²) in [6.07, 6.45) is 5.53. The second kappa shape index (κ2) is 8.73. The molecule has 2 heterocycles. The molecule has 0 aliphatic carbocycles. The maximum atomic E-state index is 12.5. The van der Waals surface area contributed by atoms with Crippen LogP contribution < -0.4 is 15.1 Å². The van der Waals surface area contributed by atoms with Gasteiger partial charge in [-0.25, -0.2) is 4.79 Å². The molecule has 1 atom stereocenters. The first kappa shape index (κ1) is 19.0. The maximum Gasteiger partial charge on any atom is 0.349 e. The van der Waals surface area contributed by atoms with Crippen molar-refractivity contribution in [1.29, 1.82) is 0 Å². The molecule has 3 rings (SSSR count). The van der Waals surface area contributed by atoms with E-state index in [1.54, 1.807) is 12.1 Å². The average molecular weight is 373 g/mol. The van der Waals surface area contributed by atoms with E-state index in [0.29, 0.717) is 34.6 Å². The summed E-state index contributed by atoms with van der Waals surface area (Å²) in [7, 11) is 1.39. The van der Waals surface area contributed by atoms with Gasteiger partial charge in [-0.15, -0.1) is 0 Å². The molecular formula is C20H23NO6. The Morgan fingerprint density at radius 1 is 1.37 bits per heavy atom. The molecule has 1 aromatic carbocycles. The molecule has 0 bridgehead atoms. The van der Waals surface area contributed by atoms with Crippen LogP contribution in [-0.2, 0) is 9.57 Å². The van der Waals surface area contributed by atoms with Crippen molar-refractivity contribution in [1.82, 2.24) is 0 Å². The normalized spacial score (nSPS) is 17.2. The average Bonchev–Trinajstić information content (AvgIpc) is 2.68. The molecule has 144 valence electrons. The van der Waals surface area contributed by atoms with Gasteiger partial charge in [-0.05, 0) is 31.9 Å². The fourth-order valence-electron chi connectivity index (χ4n) is 2.96. The Hall–Kier alpha value is -2.80. The minimum absolute atomic E-state index is 0.176. The van der Waals surface area contributed by atoms with Crippen molar-refractivity contribution in [3.8, 4) is 11.5 Å². The van der Waals surface area contributed by atoms with Gasteiger partial charge >= 0.3 is 5.63 Å². The Bertz CT molecular complexity index is 895. The number of fused-ring (bicyclic) bond motifs is 1. The Kier molecular flexibility index (Phi) is 6.13. The molecule has 0 radical (unpaired) electrons. The molecule has 0 saturated carbocycles. The topological polar surface area (TPSA) is 79.5 Å². The van der Waals surface area contributed by atoms with Gasteiger partial charge in [0.25, 0.3) is 0 Å². The van der Waals surface area contributed by atoms with Crippen molar-refractivity contribution in [2.75, 3.05) is 20.3 Å². The van der Waals surface area contributed by atoms with Gasteiger partial charge in [0.15, 0.2) is 6.29 Å². The van der Waals surface area contributed by atoms with E-state index >= 15 is 0 Å². The lowest BCUT2D eigenvalue weighted by Gasteiger charge is -2.24. The molecule has 2 aromatic rings. The second-order valence-electron chi connectivity index (χ2n) is 6.13. The largest absolute Gasteiger partial charge is 0.488 e. The highest BCUT2D eigenvalue weighted by Gasteiger charge is 2.21. The van der Waals surface area contributed by atoms with Crippen LogP contribution in [0.4, 0.5) is 0 Å². The molecule has 1 fully saturated rings. The lowest BCUT2D eigenvalue weighted by atomic mass is 10.1. The summed E-state index contributed by atoms with van der Waals surface area (Å²) in [4.78, 5) is 17.2. The lowest BCUT2D eigenvalue weighted by molar-refractivity contribution is -0.106. The van der Waals surface area contributed by atoms with Gasteiger partial charge in [-0.1, -0.05) is 17.8 Å². The highest BCUT2D eigenvalue weighted by Crippen LogP contribution is 2.34. The quantitative estimate of drug-likeness (QED) is 0.320. The lowest BCUT2D eigenvalue weighted by Crippen LogP contribution is -2.25. The number of hydrogen-bond acceptors (Lipinski definition) is 7. The van der Waals surface area contributed by atoms with Gasteiger partial charge in [0, 0.05) is 12.0 Å². The van der Waals surface area contributed by atoms with E-state index in [9.17, 15) is 4.79 Å². The van der Waals surface area contributed by atoms with E-state index in [2.05, 4.69) is 16.6 Å². The number of oxime groups is 1. The third-order valence-corrected chi connectivity index (χ3v) is 4.29. The Morgan fingerprint density at radius 3 is 2.93 bits per heavy atom. The minimum atomic E-state index is -0.573. The number of rotatable bonds is 7. The first-order valence-electron chi connectivity index (χ1n) is 8.84. The van der Waals surface area contributed by atoms with E-state index in [4.69, 9.17) is 18.6 Å². The molecule has 0 amide bonds. The molecule has 1 aromatic heterocycles. The summed E-state index contributed by atoms with van der Waals surface area (Å²) < 4.78 is 22.9. The van der Waals surface area contributed by atoms with Crippen molar-refractivity contribution in [3.63, 3.8) is 0 Å². The summed E-state index contributed by atoms with van der Waals surface area (Å²) >= 11 is 0. The number of nitrogens with zero attached hydrogens (tertiary/aromatic N) is 1. The van der Waals surface area contributed by atoms with Gasteiger partial charge in [0.1, 0.15) is 36.4 Å². The van der Waals surface area contributed by atoms with Crippen LogP contribution >= 0.6 is 0 Å². The zero-order valence-electron chi connectivity index (χ0n) is 15.5. The molecule has 7 nitrogen and oxygen atoms in total. The van der Waals surface area contributed by atoms with Crippen LogP contribution in [0.5, 0.6) is 11.5 Å². The standard InChI is InChI=1S/C20H23NO6/c1-4-10-25-19-14-8-9-16(26-17-7-5-6-11-24-17)13(2)18(14)27-20(22)15(19)12-21-23-3/h4,8-9,12,17H,1,5-7,10-11H2,2-3H3/b21-12+. The summed E-state index contributed by atoms with van der Waals surface area (Å²) in [5.74, 6) is 0.982. The van der Waals surface area contributed by atoms with Gasteiger partial charge in [0.05, 0.1) is 18.2 Å². The first-order chi connectivity index (χ1) is 13.2. The number of benzene rings is 1. The summed E-state index contributed by atoms with van der Waals surface area (Å²) in [6, 6.07) is 3.62. The van der Waals surface area contributed by atoms with E-state index in [1.165, 1.54) is 13.3 Å². The molecule has 1 aliphatic heterocycles. The third-order valence-electron chi connectivity index (χ3n) is 4.29. The number of ether oxygens (including phenoxy) is 3. The SMILES string of the molecule is C=CCOc1c(/C=N/OC)c(=O)oc2c(C)c(OC3CCCCO3)ccc12. The molecular weight excluding hydrogens is 350 g/mol. The van der Waals surface area contributed by atoms with Gasteiger partial charge < -0.3 is 23.5 Å². The fraction of sp³-hybridized carbons (Fsp3) is 0.400. The molecule has 0 spiro atoms. The molecule has 1 unspecified atom stereocenters. The van der Waals surface area contributed by atoms with Crippen molar-refractivity contribution in [3.05, 3.63) is 46.3 Å². The highest BCUT2D eigenvalue weighted by atomic mass is 16.7. The highest BCUT2D eigenvalue weighted by molar-refractivity contribution is 5.95. The monoisotopic (exact) mass is 373 g/mol. The van der Waals surface area contributed by atoms with Crippen molar-refractivity contribution >= 4 is 17.2 Å². The van der Waals surface area contributed by atoms with Crippen LogP contribution in [0.1, 0.15) is 30.4 Å². The Labute approximate surface area is 157 Å². The Morgan fingerprint density at radius 2 is 2.22 bits per heavy atom. The van der Waals surface area contributed by atoms with Crippen LogP contribution in [0.25, 0.3) is 11.0 Å². The molecule has 1 saturated heterocycles. The predicted octanol–water partition coefficient (Wildman–Crippen LogP) is 3.55. The Balaban J connectivity index is 2.07. The van der Waals surface area contributed by atoms with Crippen molar-refractivity contribution in [2.24, 2.45) is 5.16 Å². The summed E-state index contributed by atoms with van der Waals surface area (Å²) in [5.41, 5.74) is 0.714. The zero-order chi connectivity index (χ0) is 19.2. The summed E-state index contributed by atoms with van der Waals surface area (Å²) in [5, 5.41) is 4.31. The molecule has 7 heteroatoms. The van der Waals surface area contributed by atoms with Crippen LogP contribution in [0.15, 0.2) is 39.2 Å². The number of hydrogen-bond donors (Lipinski definition) is 0. The predicted molar refractivity (Wildman–Crippen MR) is 102 cm³/mol. The molecule has 0 N–H and O–H groups in total. The minimum Gasteiger partial charge on any atom is -0.488 e. The smallest absolute Gasteiger partial charge is 0.349 e. The van der Waals surface area contributed by atoms with Gasteiger partial charge in [-0.3, -0.25) is 0 Å². The van der Waals surface area contributed by atoms with Crippen LogP contribution in [-0.4, -0.2) is 32.8 Å². The first-order valence-corrected chi connectivity index (χ1v) is 8.84. The third kappa shape index (κ3) is 4.14. The van der Waals surface area contributed by atoms with Crippen molar-refractivity contribution in [2.45, 2.75) is 32.5 Å². The van der Waals surface area contributed by atoms with Crippen LogP contribution in [0.3, 0.4) is 0 Å². The number of aryl methyl sites for hydroxylation is 1. The molecule has 27 heavy (non-hydrogen) atoms. The second-order valence-corrected chi connectivity index (χ2v) is 6.13. The fourth-order valence-corrected chi connectivity index (χ4v) is 2.96. The van der Waals surface area contributed by atoms with E-state index < -0.39 is 5.63 Å². The van der Waals surface area contributed by atoms with E-state index in [1.807, 2.05) is 13.0 Å². The summed E-state index contributed by atoms with van der Waals surface area (Å²) in [6.45, 7) is 6.41. The van der Waals surface area contributed by atoms with Crippen LogP contribution in [0.2, 0.25) is 0 Å². The van der Waals surface area contributed by atoms with E-state index in [-0.39, 0.29) is 18.5 Å². The van der Waals surface area contributed by atoms with Gasteiger partial charge in [0.2, 0.25) is 0 Å². The zero-order valence-corrected chi connectivity index (χ0v) is 15.5.